The van der Waals surface area contributed by atoms with Crippen LogP contribution >= 0.6 is 11.8 Å². The third-order valence-corrected chi connectivity index (χ3v) is 4.69. The van der Waals surface area contributed by atoms with Crippen molar-refractivity contribution in [3.05, 3.63) is 57.5 Å². The van der Waals surface area contributed by atoms with Gasteiger partial charge < -0.3 is 9.84 Å². The van der Waals surface area contributed by atoms with Gasteiger partial charge in [0, 0.05) is 26.1 Å². The van der Waals surface area contributed by atoms with E-state index in [1.807, 2.05) is 30.3 Å². The lowest BCUT2D eigenvalue weighted by molar-refractivity contribution is -0.136. The molecule has 1 aromatic heterocycles. The fourth-order valence-electron chi connectivity index (χ4n) is 2.22. The van der Waals surface area contributed by atoms with Gasteiger partial charge in [0.05, 0.1) is 12.3 Å². The Balaban J connectivity index is 2.45. The van der Waals surface area contributed by atoms with Crippen LogP contribution in [0.3, 0.4) is 0 Å². The maximum atomic E-state index is 12.7. The third-order valence-electron chi connectivity index (χ3n) is 3.56. The number of aliphatic carboxylic acids is 1. The Morgan fingerprint density at radius 3 is 2.62 bits per heavy atom. The van der Waals surface area contributed by atoms with Crippen LogP contribution in [0.1, 0.15) is 23.7 Å². The van der Waals surface area contributed by atoms with Crippen LogP contribution in [0.2, 0.25) is 0 Å². The van der Waals surface area contributed by atoms with E-state index < -0.39 is 11.2 Å². The lowest BCUT2D eigenvalue weighted by atomic mass is 10.0. The van der Waals surface area contributed by atoms with Gasteiger partial charge in [-0.15, -0.1) is 0 Å². The molecule has 0 aliphatic rings. The van der Waals surface area contributed by atoms with E-state index >= 15 is 0 Å². The molecule has 7 heteroatoms. The average Bonchev–Trinajstić information content (AvgIpc) is 2.57. The smallest absolute Gasteiger partial charge is 0.316 e. The molecule has 0 bridgehead atoms. The number of carboxylic acid groups (broad SMARTS) is 1. The first kappa shape index (κ1) is 18.2. The number of nitrogens with zero attached hydrogens (tertiary/aromatic N) is 2. The molecule has 2 rings (SSSR count). The Labute approximate surface area is 144 Å². The van der Waals surface area contributed by atoms with Crippen molar-refractivity contribution in [1.82, 2.24) is 9.55 Å². The zero-order valence-electron chi connectivity index (χ0n) is 13.9. The molecule has 2 aromatic rings. The monoisotopic (exact) mass is 348 g/mol. The molecule has 0 fully saturated rings. The Kier molecular flexibility index (Phi) is 6.16. The van der Waals surface area contributed by atoms with Gasteiger partial charge in [-0.2, -0.15) is 0 Å². The molecular weight excluding hydrogens is 328 g/mol. The normalized spacial score (nSPS) is 12.1. The number of benzene rings is 1. The molecule has 1 N–H and O–H groups in total. The first-order valence-corrected chi connectivity index (χ1v) is 8.33. The topological polar surface area (TPSA) is 81.4 Å². The number of ether oxygens (including phenoxy) is 1. The summed E-state index contributed by atoms with van der Waals surface area (Å²) in [6.07, 6.45) is 0.457. The largest absolute Gasteiger partial charge is 0.480 e. The summed E-state index contributed by atoms with van der Waals surface area (Å²) in [7, 11) is 3.15. The summed E-state index contributed by atoms with van der Waals surface area (Å²) in [4.78, 5) is 28.3. The van der Waals surface area contributed by atoms with Crippen LogP contribution in [-0.2, 0) is 29.6 Å². The molecular formula is C17H20N2O4S. The predicted molar refractivity (Wildman–Crippen MR) is 92.4 cm³/mol. The van der Waals surface area contributed by atoms with Crippen LogP contribution in [0.25, 0.3) is 0 Å². The third kappa shape index (κ3) is 4.24. The van der Waals surface area contributed by atoms with E-state index in [1.165, 1.54) is 11.7 Å². The van der Waals surface area contributed by atoms with E-state index in [-0.39, 0.29) is 12.2 Å². The highest BCUT2D eigenvalue weighted by Gasteiger charge is 2.20. The number of rotatable bonds is 7. The molecule has 0 saturated carbocycles. The second-order valence-corrected chi connectivity index (χ2v) is 6.69. The molecule has 1 unspecified atom stereocenters. The van der Waals surface area contributed by atoms with Crippen LogP contribution in [0, 0.1) is 0 Å². The first-order chi connectivity index (χ1) is 11.4. The maximum absolute atomic E-state index is 12.7. The van der Waals surface area contributed by atoms with Crippen molar-refractivity contribution in [2.45, 2.75) is 30.4 Å². The summed E-state index contributed by atoms with van der Waals surface area (Å²) < 4.78 is 6.58. The Morgan fingerprint density at radius 1 is 1.38 bits per heavy atom. The van der Waals surface area contributed by atoms with Gasteiger partial charge in [0.25, 0.3) is 5.56 Å². The second-order valence-electron chi connectivity index (χ2n) is 5.38. The van der Waals surface area contributed by atoms with Gasteiger partial charge >= 0.3 is 5.97 Å². The molecule has 0 aliphatic carbocycles. The van der Waals surface area contributed by atoms with E-state index in [9.17, 15) is 9.59 Å². The minimum atomic E-state index is -0.948. The summed E-state index contributed by atoms with van der Waals surface area (Å²) in [6.45, 7) is 1.76. The van der Waals surface area contributed by atoms with E-state index in [1.54, 1.807) is 14.0 Å². The minimum absolute atomic E-state index is 0.180. The number of carboxylic acids is 1. The molecule has 0 spiro atoms. The average molecular weight is 348 g/mol. The van der Waals surface area contributed by atoms with Crippen molar-refractivity contribution in [2.24, 2.45) is 7.05 Å². The van der Waals surface area contributed by atoms with Gasteiger partial charge in [-0.25, -0.2) is 4.98 Å². The van der Waals surface area contributed by atoms with Gasteiger partial charge in [-0.1, -0.05) is 42.1 Å². The minimum Gasteiger partial charge on any atom is -0.480 e. The molecule has 1 heterocycles. The molecule has 1 atom stereocenters. The standard InChI is InChI=1S/C17H20N2O4S/c1-11(16(21)22)24-17-18-14(10-23-3)13(15(20)19(17)2)9-12-7-5-4-6-8-12/h4-8,11H,9-10H2,1-3H3,(H,21,22). The summed E-state index contributed by atoms with van der Waals surface area (Å²) in [5, 5.41) is 8.74. The highest BCUT2D eigenvalue weighted by molar-refractivity contribution is 8.00. The Bertz CT molecular complexity index is 774. The fourth-order valence-corrected chi connectivity index (χ4v) is 3.04. The second kappa shape index (κ2) is 8.12. The first-order valence-electron chi connectivity index (χ1n) is 7.45. The summed E-state index contributed by atoms with van der Waals surface area (Å²) in [5.41, 5.74) is 1.94. The zero-order valence-corrected chi connectivity index (χ0v) is 14.7. The molecule has 0 saturated heterocycles. The van der Waals surface area contributed by atoms with Crippen LogP contribution in [0.5, 0.6) is 0 Å². The van der Waals surface area contributed by atoms with Crippen molar-refractivity contribution >= 4 is 17.7 Å². The molecule has 6 nitrogen and oxygen atoms in total. The highest BCUT2D eigenvalue weighted by atomic mass is 32.2. The Hall–Kier alpha value is -2.12. The number of methoxy groups -OCH3 is 1. The van der Waals surface area contributed by atoms with Gasteiger partial charge in [-0.3, -0.25) is 14.2 Å². The van der Waals surface area contributed by atoms with Crippen LogP contribution in [0.4, 0.5) is 0 Å². The van der Waals surface area contributed by atoms with Gasteiger partial charge in [-0.05, 0) is 12.5 Å². The van der Waals surface area contributed by atoms with Crippen molar-refractivity contribution in [3.63, 3.8) is 0 Å². The molecule has 128 valence electrons. The van der Waals surface area contributed by atoms with Crippen LogP contribution in [-0.4, -0.2) is 33.0 Å². The predicted octanol–water partition coefficient (Wildman–Crippen LogP) is 2.08. The fraction of sp³-hybridized carbons (Fsp3) is 0.353. The van der Waals surface area contributed by atoms with Gasteiger partial charge in [0.2, 0.25) is 0 Å². The Morgan fingerprint density at radius 2 is 2.04 bits per heavy atom. The van der Waals surface area contributed by atoms with Crippen LogP contribution < -0.4 is 5.56 Å². The lowest BCUT2D eigenvalue weighted by Gasteiger charge is -2.15. The van der Waals surface area contributed by atoms with E-state index in [0.29, 0.717) is 22.8 Å². The van der Waals surface area contributed by atoms with E-state index in [0.717, 1.165) is 17.3 Å². The van der Waals surface area contributed by atoms with Crippen molar-refractivity contribution in [2.75, 3.05) is 7.11 Å². The van der Waals surface area contributed by atoms with Crippen LogP contribution in [0.15, 0.2) is 40.3 Å². The van der Waals surface area contributed by atoms with Crippen molar-refractivity contribution in [3.8, 4) is 0 Å². The number of carbonyl (C=O) groups is 1. The quantitative estimate of drug-likeness (QED) is 0.609. The van der Waals surface area contributed by atoms with E-state index in [4.69, 9.17) is 9.84 Å². The maximum Gasteiger partial charge on any atom is 0.316 e. The summed E-state index contributed by atoms with van der Waals surface area (Å²) >= 11 is 1.04. The van der Waals surface area contributed by atoms with Gasteiger partial charge in [0.1, 0.15) is 5.25 Å². The van der Waals surface area contributed by atoms with Crippen molar-refractivity contribution in [1.29, 1.82) is 0 Å². The molecule has 24 heavy (non-hydrogen) atoms. The molecule has 0 radical (unpaired) electrons. The van der Waals surface area contributed by atoms with Crippen molar-refractivity contribution < 1.29 is 14.6 Å². The number of hydrogen-bond acceptors (Lipinski definition) is 5. The number of thioether (sulfide) groups is 1. The molecule has 0 amide bonds. The van der Waals surface area contributed by atoms with E-state index in [2.05, 4.69) is 4.98 Å². The zero-order chi connectivity index (χ0) is 17.7. The highest BCUT2D eigenvalue weighted by Crippen LogP contribution is 2.22. The molecule has 1 aromatic carbocycles. The summed E-state index contributed by atoms with van der Waals surface area (Å²) in [6, 6.07) is 9.66. The number of hydrogen-bond donors (Lipinski definition) is 1. The number of aromatic nitrogens is 2. The lowest BCUT2D eigenvalue weighted by Crippen LogP contribution is -2.28. The van der Waals surface area contributed by atoms with Gasteiger partial charge in [0.15, 0.2) is 5.16 Å². The molecule has 0 aliphatic heterocycles. The SMILES string of the molecule is COCc1nc(SC(C)C(=O)O)n(C)c(=O)c1Cc1ccccc1. The summed E-state index contributed by atoms with van der Waals surface area (Å²) in [5.74, 6) is -0.948.